The highest BCUT2D eigenvalue weighted by Crippen LogP contribution is 2.21. The highest BCUT2D eigenvalue weighted by atomic mass is 35.5. The fourth-order valence-electron chi connectivity index (χ4n) is 1.80. The zero-order valence-corrected chi connectivity index (χ0v) is 12.2. The normalized spacial score (nSPS) is 10.9. The second-order valence-electron chi connectivity index (χ2n) is 4.46. The van der Waals surface area contributed by atoms with Gasteiger partial charge in [0.15, 0.2) is 5.82 Å². The van der Waals surface area contributed by atoms with Crippen LogP contribution in [0.5, 0.6) is 0 Å². The van der Waals surface area contributed by atoms with E-state index in [0.717, 1.165) is 36.6 Å². The number of aryl methyl sites for hydroxylation is 1. The van der Waals surface area contributed by atoms with Gasteiger partial charge in [0.05, 0.1) is 22.1 Å². The summed E-state index contributed by atoms with van der Waals surface area (Å²) in [6.45, 7) is 7.65. The Morgan fingerprint density at radius 1 is 1.26 bits per heavy atom. The second kappa shape index (κ2) is 6.12. The first kappa shape index (κ1) is 14.0. The monoisotopic (exact) mass is 279 g/mol. The van der Waals surface area contributed by atoms with Crippen LogP contribution in [-0.2, 0) is 6.54 Å². The predicted octanol–water partition coefficient (Wildman–Crippen LogP) is 2.43. The van der Waals surface area contributed by atoms with E-state index in [2.05, 4.69) is 27.5 Å². The first-order chi connectivity index (χ1) is 9.13. The fourth-order valence-corrected chi connectivity index (χ4v) is 1.92. The topological polar surface area (TPSA) is 55.6 Å². The van der Waals surface area contributed by atoms with E-state index in [4.69, 9.17) is 11.6 Å². The van der Waals surface area contributed by atoms with Crippen LogP contribution in [0.3, 0.4) is 0 Å². The Kier molecular flexibility index (Phi) is 4.50. The van der Waals surface area contributed by atoms with Crippen LogP contribution >= 0.6 is 11.6 Å². The van der Waals surface area contributed by atoms with Gasteiger partial charge >= 0.3 is 0 Å². The van der Waals surface area contributed by atoms with E-state index in [0.29, 0.717) is 10.8 Å². The summed E-state index contributed by atoms with van der Waals surface area (Å²) in [6, 6.07) is 3.86. The van der Waals surface area contributed by atoms with Crippen molar-refractivity contribution in [2.75, 3.05) is 6.54 Å². The van der Waals surface area contributed by atoms with Crippen molar-refractivity contribution < 1.29 is 0 Å². The average molecular weight is 280 g/mol. The van der Waals surface area contributed by atoms with Gasteiger partial charge in [0, 0.05) is 6.54 Å². The molecule has 102 valence electrons. The van der Waals surface area contributed by atoms with Crippen molar-refractivity contribution in [3.63, 3.8) is 0 Å². The number of nitrogens with zero attached hydrogens (tertiary/aromatic N) is 4. The molecular formula is C13H18ClN5. The van der Waals surface area contributed by atoms with E-state index in [1.807, 2.05) is 26.0 Å². The maximum atomic E-state index is 6.12. The highest BCUT2D eigenvalue weighted by Gasteiger charge is 2.11. The zero-order chi connectivity index (χ0) is 13.8. The van der Waals surface area contributed by atoms with Gasteiger partial charge in [-0.25, -0.2) is 4.68 Å². The standard InChI is InChI=1S/C13H18ClN5/c1-4-7-15-8-11-5-6-12(17-16-11)19-10(3)13(14)9(2)18-19/h5-6,15H,4,7-8H2,1-3H3. The molecule has 0 aromatic carbocycles. The summed E-state index contributed by atoms with van der Waals surface area (Å²) in [5.41, 5.74) is 2.60. The second-order valence-corrected chi connectivity index (χ2v) is 4.83. The number of nitrogens with one attached hydrogen (secondary N) is 1. The number of aromatic nitrogens is 4. The summed E-state index contributed by atoms with van der Waals surface area (Å²) in [4.78, 5) is 0. The van der Waals surface area contributed by atoms with Gasteiger partial charge < -0.3 is 5.32 Å². The zero-order valence-electron chi connectivity index (χ0n) is 11.4. The van der Waals surface area contributed by atoms with Crippen molar-refractivity contribution in [1.82, 2.24) is 25.3 Å². The molecule has 5 nitrogen and oxygen atoms in total. The van der Waals surface area contributed by atoms with Crippen LogP contribution in [0.25, 0.3) is 5.82 Å². The van der Waals surface area contributed by atoms with Gasteiger partial charge in [-0.05, 0) is 38.9 Å². The molecule has 2 rings (SSSR count). The summed E-state index contributed by atoms with van der Waals surface area (Å²) in [6.07, 6.45) is 1.11. The molecule has 0 saturated carbocycles. The minimum atomic E-state index is 0.676. The average Bonchev–Trinajstić information content (AvgIpc) is 2.68. The molecule has 0 spiro atoms. The Morgan fingerprint density at radius 2 is 2.05 bits per heavy atom. The van der Waals surface area contributed by atoms with Gasteiger partial charge in [0.1, 0.15) is 0 Å². The van der Waals surface area contributed by atoms with E-state index in [9.17, 15) is 0 Å². The number of halogens is 1. The molecule has 1 N–H and O–H groups in total. The maximum Gasteiger partial charge on any atom is 0.175 e. The molecule has 0 fully saturated rings. The number of hydrogen-bond acceptors (Lipinski definition) is 4. The Balaban J connectivity index is 2.15. The smallest absolute Gasteiger partial charge is 0.175 e. The Morgan fingerprint density at radius 3 is 2.58 bits per heavy atom. The van der Waals surface area contributed by atoms with Crippen LogP contribution < -0.4 is 5.32 Å². The molecule has 2 aromatic heterocycles. The summed E-state index contributed by atoms with van der Waals surface area (Å²) in [5, 5.41) is 16.7. The molecule has 2 heterocycles. The van der Waals surface area contributed by atoms with E-state index >= 15 is 0 Å². The van der Waals surface area contributed by atoms with Crippen LogP contribution in [0.1, 0.15) is 30.4 Å². The molecule has 0 aliphatic rings. The van der Waals surface area contributed by atoms with E-state index < -0.39 is 0 Å². The van der Waals surface area contributed by atoms with Crippen molar-refractivity contribution in [2.45, 2.75) is 33.7 Å². The molecule has 0 saturated heterocycles. The SMILES string of the molecule is CCCNCc1ccc(-n2nc(C)c(Cl)c2C)nn1. The largest absolute Gasteiger partial charge is 0.311 e. The van der Waals surface area contributed by atoms with Crippen LogP contribution in [0.4, 0.5) is 0 Å². The number of hydrogen-bond donors (Lipinski definition) is 1. The summed E-state index contributed by atoms with van der Waals surface area (Å²) < 4.78 is 1.72. The van der Waals surface area contributed by atoms with E-state index in [1.54, 1.807) is 4.68 Å². The first-order valence-electron chi connectivity index (χ1n) is 6.39. The van der Waals surface area contributed by atoms with Gasteiger partial charge in [-0.3, -0.25) is 0 Å². The lowest BCUT2D eigenvalue weighted by molar-refractivity contribution is 0.653. The van der Waals surface area contributed by atoms with Crippen molar-refractivity contribution in [1.29, 1.82) is 0 Å². The van der Waals surface area contributed by atoms with Crippen LogP contribution in [0.15, 0.2) is 12.1 Å². The molecule has 0 amide bonds. The third kappa shape index (κ3) is 3.11. The van der Waals surface area contributed by atoms with Gasteiger partial charge in [-0.1, -0.05) is 18.5 Å². The molecule has 19 heavy (non-hydrogen) atoms. The predicted molar refractivity (Wildman–Crippen MR) is 75.6 cm³/mol. The lowest BCUT2D eigenvalue weighted by Gasteiger charge is -2.04. The lowest BCUT2D eigenvalue weighted by Crippen LogP contribution is -2.15. The quantitative estimate of drug-likeness (QED) is 0.854. The van der Waals surface area contributed by atoms with Gasteiger partial charge in [-0.15, -0.1) is 5.10 Å². The lowest BCUT2D eigenvalue weighted by atomic mass is 10.3. The third-order valence-corrected chi connectivity index (χ3v) is 3.41. The third-order valence-electron chi connectivity index (χ3n) is 2.86. The van der Waals surface area contributed by atoms with Crippen molar-refractivity contribution in [2.24, 2.45) is 0 Å². The summed E-state index contributed by atoms with van der Waals surface area (Å²) in [5.74, 6) is 0.687. The minimum absolute atomic E-state index is 0.676. The molecule has 2 aromatic rings. The van der Waals surface area contributed by atoms with Crippen LogP contribution in [0.2, 0.25) is 5.02 Å². The highest BCUT2D eigenvalue weighted by molar-refractivity contribution is 6.31. The summed E-state index contributed by atoms with van der Waals surface area (Å²) >= 11 is 6.12. The Hall–Kier alpha value is -1.46. The molecular weight excluding hydrogens is 262 g/mol. The van der Waals surface area contributed by atoms with Crippen molar-refractivity contribution >= 4 is 11.6 Å². The number of rotatable bonds is 5. The molecule has 6 heteroatoms. The Bertz CT molecular complexity index is 547. The van der Waals surface area contributed by atoms with Crippen molar-refractivity contribution in [3.8, 4) is 5.82 Å². The molecule has 0 unspecified atom stereocenters. The molecule has 0 aliphatic carbocycles. The van der Waals surface area contributed by atoms with Gasteiger partial charge in [0.25, 0.3) is 0 Å². The minimum Gasteiger partial charge on any atom is -0.311 e. The molecule has 0 atom stereocenters. The molecule has 0 bridgehead atoms. The molecule has 0 aliphatic heterocycles. The first-order valence-corrected chi connectivity index (χ1v) is 6.76. The fraction of sp³-hybridized carbons (Fsp3) is 0.462. The summed E-state index contributed by atoms with van der Waals surface area (Å²) in [7, 11) is 0. The van der Waals surface area contributed by atoms with Crippen LogP contribution in [-0.4, -0.2) is 26.5 Å². The maximum absolute atomic E-state index is 6.12. The van der Waals surface area contributed by atoms with E-state index in [-0.39, 0.29) is 0 Å². The van der Waals surface area contributed by atoms with Gasteiger partial charge in [-0.2, -0.15) is 10.2 Å². The van der Waals surface area contributed by atoms with Crippen molar-refractivity contribution in [3.05, 3.63) is 34.2 Å². The van der Waals surface area contributed by atoms with Crippen LogP contribution in [0, 0.1) is 13.8 Å². The molecule has 0 radical (unpaired) electrons. The Labute approximate surface area is 118 Å². The van der Waals surface area contributed by atoms with Gasteiger partial charge in [0.2, 0.25) is 0 Å². The van der Waals surface area contributed by atoms with E-state index in [1.165, 1.54) is 0 Å².